The van der Waals surface area contributed by atoms with Gasteiger partial charge in [0.25, 0.3) is 0 Å². The summed E-state index contributed by atoms with van der Waals surface area (Å²) in [6, 6.07) is 3.64. The molecule has 0 aliphatic carbocycles. The van der Waals surface area contributed by atoms with Crippen molar-refractivity contribution < 1.29 is 13.2 Å². The van der Waals surface area contributed by atoms with Gasteiger partial charge in [-0.15, -0.1) is 11.3 Å². The fourth-order valence-corrected chi connectivity index (χ4v) is 5.29. The van der Waals surface area contributed by atoms with Crippen molar-refractivity contribution in [1.29, 1.82) is 0 Å². The summed E-state index contributed by atoms with van der Waals surface area (Å²) in [6.07, 6.45) is 5.00. The summed E-state index contributed by atoms with van der Waals surface area (Å²) < 4.78 is 33.5. The topological polar surface area (TPSA) is 97.6 Å². The number of hydrogen-bond donors (Lipinski definition) is 0. The van der Waals surface area contributed by atoms with E-state index in [0.29, 0.717) is 17.4 Å². The second kappa shape index (κ2) is 8.06. The van der Waals surface area contributed by atoms with Crippen LogP contribution in [0.4, 0.5) is 5.82 Å². The zero-order chi connectivity index (χ0) is 21.5. The molecule has 9 nitrogen and oxygen atoms in total. The minimum absolute atomic E-state index is 0.216. The molecule has 1 atom stereocenters. The molecule has 0 bridgehead atoms. The van der Waals surface area contributed by atoms with Gasteiger partial charge in [-0.2, -0.15) is 0 Å². The average Bonchev–Trinajstić information content (AvgIpc) is 3.40. The lowest BCUT2D eigenvalue weighted by Gasteiger charge is -2.25. The minimum Gasteiger partial charge on any atom is -0.383 e. The number of anilines is 1. The Bertz CT molecular complexity index is 1220. The third kappa shape index (κ3) is 3.51. The first-order valence-electron chi connectivity index (χ1n) is 9.49. The van der Waals surface area contributed by atoms with Gasteiger partial charge in [-0.3, -0.25) is 9.36 Å². The van der Waals surface area contributed by atoms with Crippen LogP contribution in [0.5, 0.6) is 0 Å². The molecule has 3 aromatic rings. The Kier molecular flexibility index (Phi) is 5.62. The normalized spacial score (nSPS) is 17.3. The van der Waals surface area contributed by atoms with Gasteiger partial charge in [-0.25, -0.2) is 22.7 Å². The fourth-order valence-electron chi connectivity index (χ4n) is 3.69. The van der Waals surface area contributed by atoms with Crippen molar-refractivity contribution in [2.24, 2.45) is 0 Å². The Balaban J connectivity index is 1.96. The SMILES string of the molecule is COC[C@H]1CCCN1c1ccc2c(=O)c(S(=O)(=O)N(C)C)cn(-c3nccs3)c2n1. The lowest BCUT2D eigenvalue weighted by Crippen LogP contribution is -2.33. The van der Waals surface area contributed by atoms with Crippen LogP contribution in [-0.4, -0.2) is 67.7 Å². The predicted octanol–water partition coefficient (Wildman–Crippen LogP) is 1.71. The molecule has 0 unspecified atom stereocenters. The second-order valence-corrected chi connectivity index (χ2v) is 10.3. The molecule has 0 spiro atoms. The molecule has 0 amide bonds. The monoisotopic (exact) mass is 449 g/mol. The molecular weight excluding hydrogens is 426 g/mol. The van der Waals surface area contributed by atoms with Gasteiger partial charge >= 0.3 is 0 Å². The highest BCUT2D eigenvalue weighted by Crippen LogP contribution is 2.27. The maximum atomic E-state index is 13.1. The number of thiazole rings is 1. The maximum absolute atomic E-state index is 13.1. The first kappa shape index (κ1) is 20.9. The van der Waals surface area contributed by atoms with E-state index >= 15 is 0 Å². The van der Waals surface area contributed by atoms with Gasteiger partial charge in [0.1, 0.15) is 10.7 Å². The summed E-state index contributed by atoms with van der Waals surface area (Å²) in [5.74, 6) is 0.731. The number of rotatable bonds is 6. The van der Waals surface area contributed by atoms with E-state index in [0.717, 1.165) is 29.5 Å². The number of hydrogen-bond acceptors (Lipinski definition) is 8. The molecule has 0 radical (unpaired) electrons. The highest BCUT2D eigenvalue weighted by Gasteiger charge is 2.28. The summed E-state index contributed by atoms with van der Waals surface area (Å²) in [4.78, 5) is 24.0. The Morgan fingerprint density at radius 2 is 2.13 bits per heavy atom. The molecular formula is C19H23N5O4S2. The lowest BCUT2D eigenvalue weighted by molar-refractivity contribution is 0.180. The van der Waals surface area contributed by atoms with Crippen LogP contribution in [0.25, 0.3) is 16.2 Å². The molecule has 1 saturated heterocycles. The molecule has 11 heteroatoms. The third-order valence-corrected chi connectivity index (χ3v) is 7.80. The van der Waals surface area contributed by atoms with Gasteiger partial charge in [0.05, 0.1) is 18.0 Å². The van der Waals surface area contributed by atoms with E-state index in [1.165, 1.54) is 31.6 Å². The molecule has 0 aromatic carbocycles. The smallest absolute Gasteiger partial charge is 0.247 e. The molecule has 30 heavy (non-hydrogen) atoms. The van der Waals surface area contributed by atoms with Crippen LogP contribution in [0.2, 0.25) is 0 Å². The number of sulfonamides is 1. The second-order valence-electron chi connectivity index (χ2n) is 7.28. The number of ether oxygens (including phenoxy) is 1. The maximum Gasteiger partial charge on any atom is 0.247 e. The lowest BCUT2D eigenvalue weighted by atomic mass is 10.2. The van der Waals surface area contributed by atoms with Crippen LogP contribution in [-0.2, 0) is 14.8 Å². The van der Waals surface area contributed by atoms with E-state index in [-0.39, 0.29) is 16.3 Å². The molecule has 4 rings (SSSR count). The minimum atomic E-state index is -3.93. The summed E-state index contributed by atoms with van der Waals surface area (Å²) in [5, 5.41) is 2.56. The van der Waals surface area contributed by atoms with Crippen molar-refractivity contribution in [1.82, 2.24) is 18.8 Å². The van der Waals surface area contributed by atoms with Crippen molar-refractivity contribution >= 4 is 38.2 Å². The van der Waals surface area contributed by atoms with Gasteiger partial charge in [0, 0.05) is 45.5 Å². The number of aromatic nitrogens is 3. The van der Waals surface area contributed by atoms with Crippen LogP contribution in [0.1, 0.15) is 12.8 Å². The van der Waals surface area contributed by atoms with Crippen molar-refractivity contribution in [2.45, 2.75) is 23.8 Å². The highest BCUT2D eigenvalue weighted by molar-refractivity contribution is 7.89. The Morgan fingerprint density at radius 3 is 2.80 bits per heavy atom. The van der Waals surface area contributed by atoms with Crippen LogP contribution >= 0.6 is 11.3 Å². The number of pyridine rings is 2. The molecule has 160 valence electrons. The van der Waals surface area contributed by atoms with Gasteiger partial charge in [0.2, 0.25) is 15.5 Å². The zero-order valence-corrected chi connectivity index (χ0v) is 18.6. The van der Waals surface area contributed by atoms with Crippen molar-refractivity contribution in [3.05, 3.63) is 40.1 Å². The van der Waals surface area contributed by atoms with E-state index in [9.17, 15) is 13.2 Å². The summed E-state index contributed by atoms with van der Waals surface area (Å²) in [7, 11) is 0.546. The predicted molar refractivity (Wildman–Crippen MR) is 116 cm³/mol. The van der Waals surface area contributed by atoms with Crippen molar-refractivity contribution in [3.63, 3.8) is 0 Å². The Hall–Kier alpha value is -2.34. The quantitative estimate of drug-likeness (QED) is 0.565. The number of methoxy groups -OCH3 is 1. The molecule has 1 aliphatic heterocycles. The summed E-state index contributed by atoms with van der Waals surface area (Å²) in [5.41, 5.74) is -0.186. The first-order valence-corrected chi connectivity index (χ1v) is 11.8. The fraction of sp³-hybridized carbons (Fsp3) is 0.421. The van der Waals surface area contributed by atoms with Crippen molar-refractivity contribution in [2.75, 3.05) is 39.3 Å². The molecule has 1 fully saturated rings. The molecule has 4 heterocycles. The van der Waals surface area contributed by atoms with E-state index in [1.54, 1.807) is 35.4 Å². The first-order chi connectivity index (χ1) is 14.3. The molecule has 1 aliphatic rings. The largest absolute Gasteiger partial charge is 0.383 e. The van der Waals surface area contributed by atoms with E-state index in [4.69, 9.17) is 9.72 Å². The van der Waals surface area contributed by atoms with Gasteiger partial charge < -0.3 is 9.64 Å². The summed E-state index contributed by atoms with van der Waals surface area (Å²) >= 11 is 1.34. The van der Waals surface area contributed by atoms with Gasteiger partial charge in [0.15, 0.2) is 10.8 Å². The third-order valence-electron chi connectivity index (χ3n) is 5.22. The van der Waals surface area contributed by atoms with Crippen LogP contribution in [0.3, 0.4) is 0 Å². The zero-order valence-electron chi connectivity index (χ0n) is 17.0. The Labute approximate surface area is 178 Å². The van der Waals surface area contributed by atoms with Crippen molar-refractivity contribution in [3.8, 4) is 5.13 Å². The molecule has 0 saturated carbocycles. The average molecular weight is 450 g/mol. The van der Waals surface area contributed by atoms with Gasteiger partial charge in [-0.1, -0.05) is 0 Å². The van der Waals surface area contributed by atoms with Crippen LogP contribution < -0.4 is 10.3 Å². The number of nitrogens with zero attached hydrogens (tertiary/aromatic N) is 5. The molecule has 0 N–H and O–H groups in total. The highest BCUT2D eigenvalue weighted by atomic mass is 32.2. The molecule has 3 aromatic heterocycles. The van der Waals surface area contributed by atoms with Crippen LogP contribution in [0, 0.1) is 0 Å². The number of fused-ring (bicyclic) bond motifs is 1. The van der Waals surface area contributed by atoms with Crippen LogP contribution in [0.15, 0.2) is 39.6 Å². The standard InChI is InChI=1S/C19H23N5O4S2/c1-22(2)30(26,27)15-11-24(19-20-8-10-29-19)18-14(17(15)25)6-7-16(21-18)23-9-4-5-13(23)12-28-3/h6-8,10-11,13H,4-5,9,12H2,1-3H3/t13-/m1/s1. The summed E-state index contributed by atoms with van der Waals surface area (Å²) in [6.45, 7) is 1.44. The Morgan fingerprint density at radius 1 is 1.33 bits per heavy atom. The van der Waals surface area contributed by atoms with E-state index in [2.05, 4.69) is 9.88 Å². The van der Waals surface area contributed by atoms with E-state index in [1.807, 2.05) is 0 Å². The van der Waals surface area contributed by atoms with E-state index < -0.39 is 15.5 Å². The van der Waals surface area contributed by atoms with Gasteiger partial charge in [-0.05, 0) is 25.0 Å².